The van der Waals surface area contributed by atoms with Crippen molar-refractivity contribution in [2.24, 2.45) is 0 Å². The van der Waals surface area contributed by atoms with Crippen molar-refractivity contribution in [3.63, 3.8) is 0 Å². The average Bonchev–Trinajstić information content (AvgIpc) is 2.72. The fourth-order valence-corrected chi connectivity index (χ4v) is 3.99. The number of hydrogen-bond donors (Lipinski definition) is 3. The Bertz CT molecular complexity index is 783. The molecule has 0 saturated carbocycles. The van der Waals surface area contributed by atoms with Crippen molar-refractivity contribution < 1.29 is 18.1 Å². The third kappa shape index (κ3) is 11.8. The van der Waals surface area contributed by atoms with Gasteiger partial charge in [-0.05, 0) is 48.7 Å². The number of nitrogen functional groups attached to an aromatic ring is 1. The van der Waals surface area contributed by atoms with Crippen LogP contribution < -0.4 is 5.73 Å². The van der Waals surface area contributed by atoms with Crippen molar-refractivity contribution in [3.05, 3.63) is 54.1 Å². The molecule has 0 aliphatic heterocycles. The van der Waals surface area contributed by atoms with Crippen molar-refractivity contribution in [1.29, 1.82) is 0 Å². The topological polar surface area (TPSA) is 101 Å². The van der Waals surface area contributed by atoms with Gasteiger partial charge in [-0.1, -0.05) is 82.9 Å². The SMILES string of the molecule is CCCCCCCCCCCCc1ccccc1S(=O)(=O)O.Nc1ccc(O)cc1. The molecule has 2 aromatic carbocycles. The van der Waals surface area contributed by atoms with Gasteiger partial charge in [-0.3, -0.25) is 4.55 Å². The molecule has 0 aliphatic carbocycles. The highest BCUT2D eigenvalue weighted by atomic mass is 32.2. The molecule has 0 heterocycles. The van der Waals surface area contributed by atoms with Gasteiger partial charge in [0.1, 0.15) is 5.75 Å². The molecule has 0 aliphatic rings. The number of anilines is 1. The van der Waals surface area contributed by atoms with E-state index in [1.165, 1.54) is 57.4 Å². The number of rotatable bonds is 12. The molecular weight excluding hydrogens is 398 g/mol. The van der Waals surface area contributed by atoms with Crippen LogP contribution in [0.15, 0.2) is 53.4 Å². The van der Waals surface area contributed by atoms with E-state index in [0.717, 1.165) is 18.4 Å². The number of aryl methyl sites for hydroxylation is 1. The summed E-state index contributed by atoms with van der Waals surface area (Å²) in [5, 5.41) is 8.70. The van der Waals surface area contributed by atoms with Crippen LogP contribution in [0.4, 0.5) is 5.69 Å². The fraction of sp³-hybridized carbons (Fsp3) is 0.500. The van der Waals surface area contributed by atoms with E-state index >= 15 is 0 Å². The summed E-state index contributed by atoms with van der Waals surface area (Å²) in [5.41, 5.74) is 6.71. The second kappa shape index (κ2) is 14.9. The molecule has 168 valence electrons. The monoisotopic (exact) mass is 435 g/mol. The first-order chi connectivity index (χ1) is 14.3. The quantitative estimate of drug-likeness (QED) is 0.156. The first-order valence-corrected chi connectivity index (χ1v) is 12.4. The van der Waals surface area contributed by atoms with Gasteiger partial charge in [0.25, 0.3) is 10.1 Å². The predicted octanol–water partition coefficient (Wildman–Crippen LogP) is 6.37. The van der Waals surface area contributed by atoms with E-state index in [1.807, 2.05) is 6.07 Å². The number of nitrogens with two attached hydrogens (primary N) is 1. The Morgan fingerprint density at radius 1 is 0.767 bits per heavy atom. The Balaban J connectivity index is 0.000000467. The molecule has 2 rings (SSSR count). The summed E-state index contributed by atoms with van der Waals surface area (Å²) in [7, 11) is -4.10. The number of phenolic OH excluding ortho intramolecular Hbond substituents is 1. The van der Waals surface area contributed by atoms with E-state index in [2.05, 4.69) is 6.92 Å². The maximum absolute atomic E-state index is 11.3. The second-order valence-corrected chi connectivity index (χ2v) is 9.00. The Morgan fingerprint density at radius 2 is 1.27 bits per heavy atom. The second-order valence-electron chi connectivity index (χ2n) is 7.61. The largest absolute Gasteiger partial charge is 0.508 e. The van der Waals surface area contributed by atoms with Crippen LogP contribution >= 0.6 is 0 Å². The van der Waals surface area contributed by atoms with Gasteiger partial charge in [0.2, 0.25) is 0 Å². The van der Waals surface area contributed by atoms with Crippen LogP contribution in [0.5, 0.6) is 5.75 Å². The van der Waals surface area contributed by atoms with Crippen molar-refractivity contribution in [1.82, 2.24) is 0 Å². The standard InChI is InChI=1S/C18H30O3S.C6H7NO/c1-2-3-4-5-6-7-8-9-10-11-14-17-15-12-13-16-18(17)22(19,20)21;7-5-1-3-6(8)4-2-5/h12-13,15-16H,2-11,14H2,1H3,(H,19,20,21);1-4,8H,7H2. The van der Waals surface area contributed by atoms with Gasteiger partial charge < -0.3 is 10.8 Å². The molecule has 0 spiro atoms. The van der Waals surface area contributed by atoms with E-state index in [4.69, 9.17) is 10.8 Å². The maximum Gasteiger partial charge on any atom is 0.294 e. The zero-order chi connectivity index (χ0) is 22.2. The number of hydrogen-bond acceptors (Lipinski definition) is 4. The van der Waals surface area contributed by atoms with E-state index in [1.54, 1.807) is 36.4 Å². The molecule has 4 N–H and O–H groups in total. The van der Waals surface area contributed by atoms with Crippen molar-refractivity contribution >= 4 is 15.8 Å². The predicted molar refractivity (Wildman–Crippen MR) is 124 cm³/mol. The molecule has 5 nitrogen and oxygen atoms in total. The van der Waals surface area contributed by atoms with Crippen LogP contribution in [0, 0.1) is 0 Å². The summed E-state index contributed by atoms with van der Waals surface area (Å²) in [6.07, 6.45) is 13.3. The zero-order valence-corrected chi connectivity index (χ0v) is 18.9. The Labute approximate surface area is 182 Å². The molecule has 0 unspecified atom stereocenters. The lowest BCUT2D eigenvalue weighted by Gasteiger charge is -2.07. The highest BCUT2D eigenvalue weighted by molar-refractivity contribution is 7.85. The molecule has 30 heavy (non-hydrogen) atoms. The third-order valence-corrected chi connectivity index (χ3v) is 5.90. The Morgan fingerprint density at radius 3 is 1.77 bits per heavy atom. The van der Waals surface area contributed by atoms with Crippen LogP contribution in [-0.2, 0) is 16.5 Å². The molecule has 0 bridgehead atoms. The number of unbranched alkanes of at least 4 members (excludes halogenated alkanes) is 9. The van der Waals surface area contributed by atoms with Crippen molar-refractivity contribution in [2.45, 2.75) is 82.4 Å². The van der Waals surface area contributed by atoms with E-state index < -0.39 is 10.1 Å². The lowest BCUT2D eigenvalue weighted by atomic mass is 10.0. The molecule has 0 fully saturated rings. The Hall–Kier alpha value is -2.05. The molecule has 2 aromatic rings. The summed E-state index contributed by atoms with van der Waals surface area (Å²) in [6.45, 7) is 2.24. The zero-order valence-electron chi connectivity index (χ0n) is 18.1. The number of phenols is 1. The highest BCUT2D eigenvalue weighted by Crippen LogP contribution is 2.18. The minimum atomic E-state index is -4.10. The first-order valence-electron chi connectivity index (χ1n) is 10.9. The molecule has 0 radical (unpaired) electrons. The summed E-state index contributed by atoms with van der Waals surface area (Å²) >= 11 is 0. The summed E-state index contributed by atoms with van der Waals surface area (Å²) in [5.74, 6) is 0.249. The lowest BCUT2D eigenvalue weighted by molar-refractivity contribution is 0.475. The van der Waals surface area contributed by atoms with Crippen LogP contribution in [0.25, 0.3) is 0 Å². The number of aromatic hydroxyl groups is 1. The highest BCUT2D eigenvalue weighted by Gasteiger charge is 2.13. The van der Waals surface area contributed by atoms with Gasteiger partial charge >= 0.3 is 0 Å². The van der Waals surface area contributed by atoms with Crippen LogP contribution in [0.3, 0.4) is 0 Å². The van der Waals surface area contributed by atoms with Crippen LogP contribution in [-0.4, -0.2) is 18.1 Å². The molecule has 0 aromatic heterocycles. The fourth-order valence-electron chi connectivity index (χ4n) is 3.24. The Kier molecular flexibility index (Phi) is 12.9. The molecule has 0 amide bonds. The molecular formula is C24H37NO4S. The van der Waals surface area contributed by atoms with E-state index in [9.17, 15) is 13.0 Å². The molecule has 0 saturated heterocycles. The van der Waals surface area contributed by atoms with Gasteiger partial charge in [0, 0.05) is 5.69 Å². The summed E-state index contributed by atoms with van der Waals surface area (Å²) in [4.78, 5) is 0.0610. The lowest BCUT2D eigenvalue weighted by Crippen LogP contribution is -2.03. The van der Waals surface area contributed by atoms with Gasteiger partial charge in [0.05, 0.1) is 4.90 Å². The average molecular weight is 436 g/mol. The first kappa shape index (κ1) is 26.0. The van der Waals surface area contributed by atoms with Crippen LogP contribution in [0.1, 0.15) is 76.7 Å². The summed E-state index contributed by atoms with van der Waals surface area (Å²) in [6, 6.07) is 13.1. The van der Waals surface area contributed by atoms with Gasteiger partial charge in [-0.2, -0.15) is 8.42 Å². The van der Waals surface area contributed by atoms with Crippen molar-refractivity contribution in [3.8, 4) is 5.75 Å². The molecule has 6 heteroatoms. The van der Waals surface area contributed by atoms with Gasteiger partial charge in [-0.25, -0.2) is 0 Å². The van der Waals surface area contributed by atoms with Crippen LogP contribution in [0.2, 0.25) is 0 Å². The van der Waals surface area contributed by atoms with E-state index in [-0.39, 0.29) is 10.6 Å². The van der Waals surface area contributed by atoms with Gasteiger partial charge in [0.15, 0.2) is 0 Å². The minimum absolute atomic E-state index is 0.0610. The summed E-state index contributed by atoms with van der Waals surface area (Å²) < 4.78 is 31.8. The van der Waals surface area contributed by atoms with Crippen molar-refractivity contribution in [2.75, 3.05) is 5.73 Å². The third-order valence-electron chi connectivity index (χ3n) is 4.94. The van der Waals surface area contributed by atoms with E-state index in [0.29, 0.717) is 12.1 Å². The maximum atomic E-state index is 11.3. The normalized spacial score (nSPS) is 11.0. The minimum Gasteiger partial charge on any atom is -0.508 e. The smallest absolute Gasteiger partial charge is 0.294 e. The number of benzene rings is 2. The van der Waals surface area contributed by atoms with Gasteiger partial charge in [-0.15, -0.1) is 0 Å². The molecule has 0 atom stereocenters.